The Morgan fingerprint density at radius 3 is 2.60 bits per heavy atom. The summed E-state index contributed by atoms with van der Waals surface area (Å²) in [5, 5.41) is 3.05. The molecule has 2 rings (SSSR count). The Morgan fingerprint density at radius 2 is 1.93 bits per heavy atom. The first-order valence-corrected chi connectivity index (χ1v) is 4.72. The summed E-state index contributed by atoms with van der Waals surface area (Å²) in [7, 11) is 0. The minimum absolute atomic E-state index is 0.466. The molecule has 0 aliphatic carbocycles. The van der Waals surface area contributed by atoms with E-state index in [1.54, 1.807) is 0 Å². The van der Waals surface area contributed by atoms with Gasteiger partial charge >= 0.3 is 0 Å². The summed E-state index contributed by atoms with van der Waals surface area (Å²) >= 11 is 0. The molecular formula is C12H11N3. The summed E-state index contributed by atoms with van der Waals surface area (Å²) in [6.07, 6.45) is 5.18. The van der Waals surface area contributed by atoms with E-state index in [1.165, 1.54) is 0 Å². The predicted octanol–water partition coefficient (Wildman–Crippen LogP) is 1.98. The number of hydrogen-bond acceptors (Lipinski definition) is 3. The van der Waals surface area contributed by atoms with Gasteiger partial charge in [-0.3, -0.25) is 0 Å². The highest BCUT2D eigenvalue weighted by atomic mass is 15.0. The Hall–Kier alpha value is -2.08. The minimum Gasteiger partial charge on any atom is -0.358 e. The summed E-state index contributed by atoms with van der Waals surface area (Å²) in [6, 6.07) is 7.77. The zero-order valence-corrected chi connectivity index (χ0v) is 8.49. The molecule has 0 saturated heterocycles. The van der Waals surface area contributed by atoms with E-state index in [0.29, 0.717) is 6.54 Å². The van der Waals surface area contributed by atoms with E-state index < -0.39 is 0 Å². The summed E-state index contributed by atoms with van der Waals surface area (Å²) in [6.45, 7) is 2.38. The van der Waals surface area contributed by atoms with Crippen molar-refractivity contribution >= 4 is 16.9 Å². The quantitative estimate of drug-likeness (QED) is 0.748. The van der Waals surface area contributed by atoms with Gasteiger partial charge < -0.3 is 5.32 Å². The number of nitrogens with one attached hydrogen (secondary N) is 1. The lowest BCUT2D eigenvalue weighted by atomic mass is 10.3. The van der Waals surface area contributed by atoms with Crippen LogP contribution in [0.1, 0.15) is 5.69 Å². The molecule has 0 atom stereocenters. The lowest BCUT2D eigenvalue weighted by Crippen LogP contribution is -2.04. The average molecular weight is 197 g/mol. The number of rotatable bonds is 2. The molecule has 74 valence electrons. The van der Waals surface area contributed by atoms with Crippen molar-refractivity contribution in [3.05, 3.63) is 30.0 Å². The molecule has 0 fully saturated rings. The van der Waals surface area contributed by atoms with Crippen LogP contribution in [0.3, 0.4) is 0 Å². The van der Waals surface area contributed by atoms with Crippen LogP contribution in [0.25, 0.3) is 11.0 Å². The maximum Gasteiger partial charge on any atom is 0.148 e. The number of nitrogens with zero attached hydrogens (tertiary/aromatic N) is 2. The minimum atomic E-state index is 0.466. The number of aromatic nitrogens is 2. The van der Waals surface area contributed by atoms with E-state index in [0.717, 1.165) is 22.5 Å². The Balaban J connectivity index is 2.48. The van der Waals surface area contributed by atoms with Crippen molar-refractivity contribution in [2.45, 2.75) is 6.92 Å². The number of anilines is 1. The lowest BCUT2D eigenvalue weighted by molar-refractivity contribution is 1.15. The molecular weight excluding hydrogens is 186 g/mol. The van der Waals surface area contributed by atoms with E-state index in [4.69, 9.17) is 6.42 Å². The standard InChI is InChI=1S/C12H11N3/c1-3-8-13-12-9(2)14-10-6-4-5-7-11(10)15-12/h1,4-7H,8H2,2H3,(H,13,15). The van der Waals surface area contributed by atoms with Gasteiger partial charge in [0.2, 0.25) is 0 Å². The van der Waals surface area contributed by atoms with Gasteiger partial charge in [-0.2, -0.15) is 0 Å². The normalized spacial score (nSPS) is 9.87. The Morgan fingerprint density at radius 1 is 1.27 bits per heavy atom. The van der Waals surface area contributed by atoms with Gasteiger partial charge in [0.1, 0.15) is 5.82 Å². The molecule has 2 aromatic rings. The Labute approximate surface area is 88.6 Å². The molecule has 1 heterocycles. The van der Waals surface area contributed by atoms with E-state index in [-0.39, 0.29) is 0 Å². The van der Waals surface area contributed by atoms with Crippen LogP contribution in [-0.2, 0) is 0 Å². The van der Waals surface area contributed by atoms with Crippen LogP contribution >= 0.6 is 0 Å². The first kappa shape index (κ1) is 9.47. The van der Waals surface area contributed by atoms with Gasteiger partial charge in [0.25, 0.3) is 0 Å². The van der Waals surface area contributed by atoms with Crippen LogP contribution in [0, 0.1) is 19.3 Å². The zero-order valence-electron chi connectivity index (χ0n) is 8.49. The van der Waals surface area contributed by atoms with Gasteiger partial charge in [-0.1, -0.05) is 18.1 Å². The lowest BCUT2D eigenvalue weighted by Gasteiger charge is -2.06. The third kappa shape index (κ3) is 1.89. The monoisotopic (exact) mass is 197 g/mol. The van der Waals surface area contributed by atoms with E-state index in [9.17, 15) is 0 Å². The van der Waals surface area contributed by atoms with Gasteiger partial charge in [0, 0.05) is 0 Å². The van der Waals surface area contributed by atoms with Crippen molar-refractivity contribution < 1.29 is 0 Å². The third-order valence-corrected chi connectivity index (χ3v) is 2.10. The number of aryl methyl sites for hydroxylation is 1. The Bertz CT molecular complexity index is 526. The smallest absolute Gasteiger partial charge is 0.148 e. The predicted molar refractivity (Wildman–Crippen MR) is 61.6 cm³/mol. The van der Waals surface area contributed by atoms with Gasteiger partial charge in [0.05, 0.1) is 23.3 Å². The molecule has 0 aliphatic rings. The summed E-state index contributed by atoms with van der Waals surface area (Å²) in [5.74, 6) is 3.27. The van der Waals surface area contributed by atoms with Crippen LogP contribution < -0.4 is 5.32 Å². The van der Waals surface area contributed by atoms with E-state index >= 15 is 0 Å². The Kier molecular flexibility index (Phi) is 2.51. The van der Waals surface area contributed by atoms with Crippen LogP contribution in [0.2, 0.25) is 0 Å². The largest absolute Gasteiger partial charge is 0.358 e. The summed E-state index contributed by atoms with van der Waals surface area (Å²) in [4.78, 5) is 8.88. The molecule has 0 radical (unpaired) electrons. The second kappa shape index (κ2) is 3.97. The molecule has 1 aromatic heterocycles. The molecule has 1 N–H and O–H groups in total. The molecule has 0 bridgehead atoms. The molecule has 0 spiro atoms. The molecule has 0 aliphatic heterocycles. The topological polar surface area (TPSA) is 37.8 Å². The maximum absolute atomic E-state index is 5.18. The van der Waals surface area contributed by atoms with Crippen molar-refractivity contribution in [2.24, 2.45) is 0 Å². The molecule has 3 nitrogen and oxygen atoms in total. The van der Waals surface area contributed by atoms with Crippen LogP contribution in [0.4, 0.5) is 5.82 Å². The van der Waals surface area contributed by atoms with Crippen molar-refractivity contribution in [1.82, 2.24) is 9.97 Å². The number of fused-ring (bicyclic) bond motifs is 1. The second-order valence-electron chi connectivity index (χ2n) is 3.20. The molecule has 0 unspecified atom stereocenters. The third-order valence-electron chi connectivity index (χ3n) is 2.10. The molecule has 3 heteroatoms. The van der Waals surface area contributed by atoms with Crippen molar-refractivity contribution in [2.75, 3.05) is 11.9 Å². The highest BCUT2D eigenvalue weighted by Gasteiger charge is 2.02. The maximum atomic E-state index is 5.18. The van der Waals surface area contributed by atoms with Crippen molar-refractivity contribution in [3.63, 3.8) is 0 Å². The second-order valence-corrected chi connectivity index (χ2v) is 3.20. The zero-order chi connectivity index (χ0) is 10.7. The number of hydrogen-bond donors (Lipinski definition) is 1. The SMILES string of the molecule is C#CCNc1nc2ccccc2nc1C. The average Bonchev–Trinajstić information content (AvgIpc) is 2.26. The van der Waals surface area contributed by atoms with Crippen molar-refractivity contribution in [3.8, 4) is 12.3 Å². The van der Waals surface area contributed by atoms with Crippen LogP contribution in [0.15, 0.2) is 24.3 Å². The fraction of sp³-hybridized carbons (Fsp3) is 0.167. The molecule has 15 heavy (non-hydrogen) atoms. The van der Waals surface area contributed by atoms with Gasteiger partial charge in [0.15, 0.2) is 0 Å². The number of terminal acetylenes is 1. The van der Waals surface area contributed by atoms with Gasteiger partial charge in [-0.15, -0.1) is 6.42 Å². The van der Waals surface area contributed by atoms with Gasteiger partial charge in [-0.05, 0) is 19.1 Å². The fourth-order valence-corrected chi connectivity index (χ4v) is 1.39. The number of benzene rings is 1. The highest BCUT2D eigenvalue weighted by molar-refractivity contribution is 5.76. The summed E-state index contributed by atoms with van der Waals surface area (Å²) in [5.41, 5.74) is 2.65. The molecule has 0 amide bonds. The van der Waals surface area contributed by atoms with Crippen LogP contribution in [-0.4, -0.2) is 16.5 Å². The highest BCUT2D eigenvalue weighted by Crippen LogP contribution is 2.15. The first-order chi connectivity index (χ1) is 7.31. The molecule has 1 aromatic carbocycles. The van der Waals surface area contributed by atoms with E-state index in [1.807, 2.05) is 31.2 Å². The fourth-order valence-electron chi connectivity index (χ4n) is 1.39. The van der Waals surface area contributed by atoms with Crippen molar-refractivity contribution in [1.29, 1.82) is 0 Å². The van der Waals surface area contributed by atoms with Gasteiger partial charge in [-0.25, -0.2) is 9.97 Å². The molecule has 0 saturated carbocycles. The van der Waals surface area contributed by atoms with Crippen LogP contribution in [0.5, 0.6) is 0 Å². The summed E-state index contributed by atoms with van der Waals surface area (Å²) < 4.78 is 0. The first-order valence-electron chi connectivity index (χ1n) is 4.72. The van der Waals surface area contributed by atoms with E-state index in [2.05, 4.69) is 21.2 Å². The number of para-hydroxylation sites is 2.